The summed E-state index contributed by atoms with van der Waals surface area (Å²) in [6.45, 7) is 0.952. The number of aliphatic hydroxyl groups is 1. The lowest BCUT2D eigenvalue weighted by Gasteiger charge is -2.16. The van der Waals surface area contributed by atoms with Crippen molar-refractivity contribution in [3.05, 3.63) is 53.2 Å². The van der Waals surface area contributed by atoms with Crippen LogP contribution in [0.1, 0.15) is 38.3 Å². The van der Waals surface area contributed by atoms with E-state index in [0.717, 1.165) is 36.4 Å². The molecule has 182 valence electrons. The minimum absolute atomic E-state index is 0.0252. The average Bonchev–Trinajstić information content (AvgIpc) is 3.46. The Kier molecular flexibility index (Phi) is 6.73. The highest BCUT2D eigenvalue weighted by Gasteiger charge is 2.40. The Morgan fingerprint density at radius 1 is 1.32 bits per heavy atom. The number of alkyl halides is 3. The second kappa shape index (κ2) is 9.42. The van der Waals surface area contributed by atoms with E-state index in [1.165, 1.54) is 37.4 Å². The topological polar surface area (TPSA) is 72.1 Å². The van der Waals surface area contributed by atoms with Gasteiger partial charge < -0.3 is 10.4 Å². The molecule has 1 aliphatic rings. The van der Waals surface area contributed by atoms with Crippen LogP contribution in [0, 0.1) is 5.82 Å². The lowest BCUT2D eigenvalue weighted by atomic mass is 10.1. The molecule has 11 heteroatoms. The number of rotatable bonds is 5. The summed E-state index contributed by atoms with van der Waals surface area (Å²) in [4.78, 5) is 13.1. The first kappa shape index (κ1) is 24.3. The molecular weight excluding hydrogens is 476 g/mol. The third-order valence-electron chi connectivity index (χ3n) is 5.79. The zero-order valence-electron chi connectivity index (χ0n) is 18.2. The predicted molar refractivity (Wildman–Crippen MR) is 119 cm³/mol. The van der Waals surface area contributed by atoms with Gasteiger partial charge in [0, 0.05) is 28.9 Å². The molecule has 34 heavy (non-hydrogen) atoms. The molecule has 1 fully saturated rings. The summed E-state index contributed by atoms with van der Waals surface area (Å²) in [5.74, 6) is -0.673. The fourth-order valence-electron chi connectivity index (χ4n) is 4.32. The summed E-state index contributed by atoms with van der Waals surface area (Å²) in [5, 5.41) is 16.4. The molecule has 4 rings (SSSR count). The van der Waals surface area contributed by atoms with Crippen LogP contribution in [-0.4, -0.2) is 37.6 Å². The van der Waals surface area contributed by atoms with E-state index < -0.39 is 36.4 Å². The molecule has 6 nitrogen and oxygen atoms in total. The molecule has 0 unspecified atom stereocenters. The molecule has 0 saturated heterocycles. The van der Waals surface area contributed by atoms with Gasteiger partial charge in [0.1, 0.15) is 5.82 Å². The van der Waals surface area contributed by atoms with Gasteiger partial charge in [0.15, 0.2) is 5.69 Å². The van der Waals surface area contributed by atoms with Crippen LogP contribution in [-0.2, 0) is 12.7 Å². The number of amides is 1. The Morgan fingerprint density at radius 3 is 2.65 bits per heavy atom. The number of halogens is 5. The van der Waals surface area contributed by atoms with Gasteiger partial charge in [0.2, 0.25) is 0 Å². The third kappa shape index (κ3) is 4.83. The van der Waals surface area contributed by atoms with Crippen molar-refractivity contribution in [2.45, 2.75) is 57.5 Å². The Hall–Kier alpha value is -2.85. The van der Waals surface area contributed by atoms with Crippen LogP contribution in [0.15, 0.2) is 36.7 Å². The van der Waals surface area contributed by atoms with E-state index in [1.807, 2.05) is 0 Å². The number of nitrogens with zero attached hydrogens (tertiary/aromatic N) is 3. The molecule has 1 atom stereocenters. The first-order valence-corrected chi connectivity index (χ1v) is 11.2. The van der Waals surface area contributed by atoms with Crippen molar-refractivity contribution >= 4 is 17.6 Å². The van der Waals surface area contributed by atoms with E-state index in [1.54, 1.807) is 0 Å². The van der Waals surface area contributed by atoms with Crippen LogP contribution in [0.25, 0.3) is 22.4 Å². The van der Waals surface area contributed by atoms with E-state index in [2.05, 4.69) is 10.4 Å². The summed E-state index contributed by atoms with van der Waals surface area (Å²) in [5.41, 5.74) is -1.48. The zero-order chi connectivity index (χ0) is 24.6. The molecule has 2 N–H and O–H groups in total. The van der Waals surface area contributed by atoms with Crippen LogP contribution in [0.4, 0.5) is 22.4 Å². The van der Waals surface area contributed by atoms with Gasteiger partial charge >= 0.3 is 12.2 Å². The number of aromatic nitrogens is 3. The lowest BCUT2D eigenvalue weighted by Crippen LogP contribution is -2.36. The highest BCUT2D eigenvalue weighted by Crippen LogP contribution is 2.40. The Bertz CT molecular complexity index is 1180. The molecule has 2 heterocycles. The maximum absolute atomic E-state index is 14.6. The minimum atomic E-state index is -4.83. The van der Waals surface area contributed by atoms with E-state index in [-0.39, 0.29) is 33.4 Å². The molecule has 1 saturated carbocycles. The molecule has 0 bridgehead atoms. The van der Waals surface area contributed by atoms with Gasteiger partial charge in [-0.25, -0.2) is 9.18 Å². The van der Waals surface area contributed by atoms with Crippen molar-refractivity contribution in [2.24, 2.45) is 0 Å². The Morgan fingerprint density at radius 2 is 2.03 bits per heavy atom. The molecular formula is C23H23ClF4N4O2. The van der Waals surface area contributed by atoms with Crippen molar-refractivity contribution in [1.82, 2.24) is 19.7 Å². The number of hydrogen-bond donors (Lipinski definition) is 2. The van der Waals surface area contributed by atoms with E-state index >= 15 is 0 Å². The first-order valence-electron chi connectivity index (χ1n) is 10.9. The van der Waals surface area contributed by atoms with Crippen molar-refractivity contribution in [3.8, 4) is 22.4 Å². The van der Waals surface area contributed by atoms with Gasteiger partial charge in [0.05, 0.1) is 29.6 Å². The Balaban J connectivity index is 1.88. The summed E-state index contributed by atoms with van der Waals surface area (Å²) in [7, 11) is 0. The quantitative estimate of drug-likeness (QED) is 0.442. The van der Waals surface area contributed by atoms with E-state index in [9.17, 15) is 27.5 Å². The number of carbonyl (C=O) groups excluding carboxylic acids is 1. The summed E-state index contributed by atoms with van der Waals surface area (Å²) < 4.78 is 58.5. The largest absolute Gasteiger partial charge is 0.433 e. The van der Waals surface area contributed by atoms with Gasteiger partial charge in [-0.3, -0.25) is 9.25 Å². The Labute approximate surface area is 198 Å². The first-order chi connectivity index (χ1) is 16.1. The summed E-state index contributed by atoms with van der Waals surface area (Å²) in [6.07, 6.45) is -0.202. The number of carbonyl (C=O) groups is 1. The van der Waals surface area contributed by atoms with Crippen LogP contribution in [0.2, 0.25) is 5.02 Å². The van der Waals surface area contributed by atoms with E-state index in [0.29, 0.717) is 4.68 Å². The number of hydrogen-bond acceptors (Lipinski definition) is 3. The fraction of sp³-hybridized carbons (Fsp3) is 0.391. The summed E-state index contributed by atoms with van der Waals surface area (Å²) >= 11 is 6.18. The standard InChI is InChI=1S/C23H23ClF4N4O2/c1-13(33)11-32-21(23(26,27)28)16(10-29-32)19-9-14(20-17(24)7-4-8-18(20)25)12-31(19)22(34)30-15-5-2-3-6-15/h4,7-10,12-13,15,33H,2-3,5-6,11H2,1H3,(H,30,34)/t13-/m1/s1. The van der Waals surface area contributed by atoms with Crippen molar-refractivity contribution in [1.29, 1.82) is 0 Å². The van der Waals surface area contributed by atoms with Crippen LogP contribution in [0.3, 0.4) is 0 Å². The highest BCUT2D eigenvalue weighted by molar-refractivity contribution is 6.33. The number of benzene rings is 1. The lowest BCUT2D eigenvalue weighted by molar-refractivity contribution is -0.144. The van der Waals surface area contributed by atoms with Gasteiger partial charge in [-0.05, 0) is 38.0 Å². The maximum Gasteiger partial charge on any atom is 0.433 e. The van der Waals surface area contributed by atoms with Crippen LogP contribution in [0.5, 0.6) is 0 Å². The molecule has 1 aliphatic carbocycles. The maximum atomic E-state index is 14.6. The second-order valence-electron chi connectivity index (χ2n) is 8.45. The highest BCUT2D eigenvalue weighted by atomic mass is 35.5. The number of aliphatic hydroxyl groups excluding tert-OH is 1. The SMILES string of the molecule is C[C@@H](O)Cn1ncc(-c2cc(-c3c(F)cccc3Cl)cn2C(=O)NC2CCCC2)c1C(F)(F)F. The molecule has 2 aromatic heterocycles. The number of nitrogens with one attached hydrogen (secondary N) is 1. The van der Waals surface area contributed by atoms with Gasteiger partial charge in [-0.1, -0.05) is 30.5 Å². The van der Waals surface area contributed by atoms with Crippen molar-refractivity contribution in [3.63, 3.8) is 0 Å². The summed E-state index contributed by atoms with van der Waals surface area (Å²) in [6, 6.07) is 4.61. The molecule has 0 radical (unpaired) electrons. The molecule has 1 amide bonds. The van der Waals surface area contributed by atoms with Crippen molar-refractivity contribution < 1.29 is 27.5 Å². The predicted octanol–water partition coefficient (Wildman–Crippen LogP) is 5.71. The van der Waals surface area contributed by atoms with Crippen LogP contribution < -0.4 is 5.32 Å². The smallest absolute Gasteiger partial charge is 0.391 e. The molecule has 0 spiro atoms. The normalized spacial score (nSPS) is 15.6. The second-order valence-corrected chi connectivity index (χ2v) is 8.85. The molecule has 3 aromatic rings. The van der Waals surface area contributed by atoms with Crippen molar-refractivity contribution in [2.75, 3.05) is 0 Å². The van der Waals surface area contributed by atoms with Gasteiger partial charge in [0.25, 0.3) is 0 Å². The minimum Gasteiger partial charge on any atom is -0.391 e. The van der Waals surface area contributed by atoms with Gasteiger partial charge in [-0.15, -0.1) is 0 Å². The van der Waals surface area contributed by atoms with Crippen LogP contribution >= 0.6 is 11.6 Å². The molecule has 0 aliphatic heterocycles. The monoisotopic (exact) mass is 498 g/mol. The zero-order valence-corrected chi connectivity index (χ0v) is 19.0. The van der Waals surface area contributed by atoms with Gasteiger partial charge in [-0.2, -0.15) is 18.3 Å². The van der Waals surface area contributed by atoms with E-state index in [4.69, 9.17) is 11.6 Å². The average molecular weight is 499 g/mol. The fourth-order valence-corrected chi connectivity index (χ4v) is 4.60. The third-order valence-corrected chi connectivity index (χ3v) is 6.11. The molecule has 1 aromatic carbocycles.